The van der Waals surface area contributed by atoms with Gasteiger partial charge in [-0.2, -0.15) is 0 Å². The van der Waals surface area contributed by atoms with Gasteiger partial charge >= 0.3 is 5.97 Å². The number of carbonyl (C=O) groups excluding carboxylic acids is 1. The fraction of sp³-hybridized carbons (Fsp3) is 0.600. The average Bonchev–Trinajstić information content (AvgIpc) is 2.60. The Morgan fingerprint density at radius 2 is 2.31 bits per heavy atom. The second-order valence-electron chi connectivity index (χ2n) is 3.68. The molecular weight excluding hydrogens is 210 g/mol. The quantitative estimate of drug-likeness (QED) is 0.742. The molecule has 0 aromatic carbocycles. The molecule has 0 amide bonds. The molecule has 1 heterocycles. The molecule has 0 radical (unpaired) electrons. The number of ether oxygens (including phenoxy) is 2. The molecule has 1 rings (SSSR count). The Balaban J connectivity index is 2.76. The molecule has 0 aliphatic rings. The third kappa shape index (κ3) is 2.73. The van der Waals surface area contributed by atoms with E-state index < -0.39 is 5.97 Å². The zero-order valence-electron chi connectivity index (χ0n) is 9.77. The topological polar surface area (TPSA) is 79.4 Å². The highest BCUT2D eigenvalue weighted by Crippen LogP contribution is 2.13. The SMILES string of the molecule is COCC(C)Cn1cnc(C(=O)OC)c1N. The smallest absolute Gasteiger partial charge is 0.360 e. The van der Waals surface area contributed by atoms with Gasteiger partial charge in [0.25, 0.3) is 0 Å². The average molecular weight is 227 g/mol. The first-order valence-corrected chi connectivity index (χ1v) is 4.98. The van der Waals surface area contributed by atoms with Gasteiger partial charge in [0.15, 0.2) is 5.69 Å². The molecule has 0 aliphatic heterocycles. The Labute approximate surface area is 94.4 Å². The molecule has 0 fully saturated rings. The maximum atomic E-state index is 11.3. The standard InChI is InChI=1S/C10H17N3O3/c1-7(5-15-2)4-13-6-12-8(9(13)11)10(14)16-3/h6-7H,4-5,11H2,1-3H3. The summed E-state index contributed by atoms with van der Waals surface area (Å²) in [5.41, 5.74) is 5.94. The van der Waals surface area contributed by atoms with Gasteiger partial charge in [0.2, 0.25) is 0 Å². The van der Waals surface area contributed by atoms with Crippen molar-refractivity contribution in [2.24, 2.45) is 5.92 Å². The van der Waals surface area contributed by atoms with Crippen LogP contribution in [-0.2, 0) is 16.0 Å². The maximum absolute atomic E-state index is 11.3. The molecular formula is C10H17N3O3. The predicted molar refractivity (Wildman–Crippen MR) is 59.0 cm³/mol. The van der Waals surface area contributed by atoms with E-state index in [0.29, 0.717) is 24.9 Å². The van der Waals surface area contributed by atoms with Crippen LogP contribution in [0.2, 0.25) is 0 Å². The first-order valence-electron chi connectivity index (χ1n) is 4.98. The fourth-order valence-electron chi connectivity index (χ4n) is 1.46. The van der Waals surface area contributed by atoms with Crippen molar-refractivity contribution in [3.63, 3.8) is 0 Å². The van der Waals surface area contributed by atoms with Crippen LogP contribution in [0.1, 0.15) is 17.4 Å². The van der Waals surface area contributed by atoms with Crippen molar-refractivity contribution in [1.29, 1.82) is 0 Å². The molecule has 0 spiro atoms. The Morgan fingerprint density at radius 1 is 1.62 bits per heavy atom. The van der Waals surface area contributed by atoms with Gasteiger partial charge in [-0.1, -0.05) is 6.92 Å². The molecule has 0 saturated heterocycles. The fourth-order valence-corrected chi connectivity index (χ4v) is 1.46. The number of aromatic nitrogens is 2. The highest BCUT2D eigenvalue weighted by molar-refractivity contribution is 5.91. The van der Waals surface area contributed by atoms with E-state index in [2.05, 4.69) is 9.72 Å². The van der Waals surface area contributed by atoms with E-state index in [1.807, 2.05) is 6.92 Å². The third-order valence-electron chi connectivity index (χ3n) is 2.22. The van der Waals surface area contributed by atoms with Crippen molar-refractivity contribution in [3.05, 3.63) is 12.0 Å². The molecule has 0 aliphatic carbocycles. The number of hydrogen-bond acceptors (Lipinski definition) is 5. The van der Waals surface area contributed by atoms with Gasteiger partial charge in [-0.05, 0) is 5.92 Å². The molecule has 1 aromatic rings. The minimum Gasteiger partial charge on any atom is -0.464 e. The lowest BCUT2D eigenvalue weighted by atomic mass is 10.2. The van der Waals surface area contributed by atoms with Crippen molar-refractivity contribution in [1.82, 2.24) is 9.55 Å². The zero-order valence-corrected chi connectivity index (χ0v) is 9.77. The monoisotopic (exact) mass is 227 g/mol. The van der Waals surface area contributed by atoms with Crippen LogP contribution in [0.3, 0.4) is 0 Å². The summed E-state index contributed by atoms with van der Waals surface area (Å²) in [4.78, 5) is 15.2. The molecule has 1 aromatic heterocycles. The van der Waals surface area contributed by atoms with E-state index in [-0.39, 0.29) is 5.69 Å². The van der Waals surface area contributed by atoms with Gasteiger partial charge in [0.1, 0.15) is 5.82 Å². The number of rotatable bonds is 5. The van der Waals surface area contributed by atoms with E-state index in [0.717, 1.165) is 0 Å². The van der Waals surface area contributed by atoms with Gasteiger partial charge in [-0.3, -0.25) is 0 Å². The summed E-state index contributed by atoms with van der Waals surface area (Å²) in [5.74, 6) is 0.109. The molecule has 90 valence electrons. The van der Waals surface area contributed by atoms with Gasteiger partial charge in [-0.15, -0.1) is 0 Å². The highest BCUT2D eigenvalue weighted by Gasteiger charge is 2.16. The summed E-state index contributed by atoms with van der Waals surface area (Å²) >= 11 is 0. The lowest BCUT2D eigenvalue weighted by Crippen LogP contribution is -2.14. The minimum absolute atomic E-state index is 0.159. The summed E-state index contributed by atoms with van der Waals surface area (Å²) in [6.07, 6.45) is 1.54. The van der Waals surface area contributed by atoms with Gasteiger partial charge in [0.05, 0.1) is 20.0 Å². The van der Waals surface area contributed by atoms with Crippen LogP contribution in [-0.4, -0.2) is 36.3 Å². The van der Waals surface area contributed by atoms with Crippen molar-refractivity contribution >= 4 is 11.8 Å². The molecule has 2 N–H and O–H groups in total. The van der Waals surface area contributed by atoms with Crippen LogP contribution in [0, 0.1) is 5.92 Å². The van der Waals surface area contributed by atoms with E-state index >= 15 is 0 Å². The second-order valence-corrected chi connectivity index (χ2v) is 3.68. The highest BCUT2D eigenvalue weighted by atomic mass is 16.5. The number of nitrogens with two attached hydrogens (primary N) is 1. The Kier molecular flexibility index (Phi) is 4.30. The van der Waals surface area contributed by atoms with Gasteiger partial charge < -0.3 is 19.8 Å². The molecule has 6 nitrogen and oxygen atoms in total. The first kappa shape index (κ1) is 12.5. The zero-order chi connectivity index (χ0) is 12.1. The van der Waals surface area contributed by atoms with Crippen molar-refractivity contribution in [2.75, 3.05) is 26.6 Å². The molecule has 0 saturated carbocycles. The molecule has 16 heavy (non-hydrogen) atoms. The van der Waals surface area contributed by atoms with Gasteiger partial charge in [0, 0.05) is 13.7 Å². The van der Waals surface area contributed by atoms with Crippen molar-refractivity contribution in [3.8, 4) is 0 Å². The van der Waals surface area contributed by atoms with Crippen LogP contribution in [0.15, 0.2) is 6.33 Å². The van der Waals surface area contributed by atoms with Crippen LogP contribution >= 0.6 is 0 Å². The lowest BCUT2D eigenvalue weighted by molar-refractivity contribution is 0.0596. The molecule has 1 atom stereocenters. The first-order chi connectivity index (χ1) is 7.60. The predicted octanol–water partition coefficient (Wildman–Crippen LogP) is 0.534. The summed E-state index contributed by atoms with van der Waals surface area (Å²) < 4.78 is 11.3. The molecule has 0 bridgehead atoms. The number of methoxy groups -OCH3 is 2. The van der Waals surface area contributed by atoms with E-state index in [4.69, 9.17) is 10.5 Å². The van der Waals surface area contributed by atoms with E-state index in [9.17, 15) is 4.79 Å². The Hall–Kier alpha value is -1.56. The molecule has 6 heteroatoms. The third-order valence-corrected chi connectivity index (χ3v) is 2.22. The largest absolute Gasteiger partial charge is 0.464 e. The number of nitrogen functional groups attached to an aromatic ring is 1. The summed E-state index contributed by atoms with van der Waals surface area (Å²) in [6.45, 7) is 3.32. The normalized spacial score (nSPS) is 12.4. The summed E-state index contributed by atoms with van der Waals surface area (Å²) in [6, 6.07) is 0. The lowest BCUT2D eigenvalue weighted by Gasteiger charge is -2.11. The molecule has 1 unspecified atom stereocenters. The second kappa shape index (κ2) is 5.50. The Morgan fingerprint density at radius 3 is 2.88 bits per heavy atom. The number of esters is 1. The van der Waals surface area contributed by atoms with E-state index in [1.54, 1.807) is 11.7 Å². The number of carbonyl (C=O) groups is 1. The summed E-state index contributed by atoms with van der Waals surface area (Å²) in [5, 5.41) is 0. The van der Waals surface area contributed by atoms with Crippen molar-refractivity contribution < 1.29 is 14.3 Å². The number of hydrogen-bond donors (Lipinski definition) is 1. The van der Waals surface area contributed by atoms with Gasteiger partial charge in [-0.25, -0.2) is 9.78 Å². The van der Waals surface area contributed by atoms with Crippen LogP contribution in [0.25, 0.3) is 0 Å². The number of nitrogens with zero attached hydrogens (tertiary/aromatic N) is 2. The number of anilines is 1. The minimum atomic E-state index is -0.518. The summed E-state index contributed by atoms with van der Waals surface area (Å²) in [7, 11) is 2.95. The maximum Gasteiger partial charge on any atom is 0.360 e. The van der Waals surface area contributed by atoms with Crippen LogP contribution < -0.4 is 5.73 Å². The Bertz CT molecular complexity index is 362. The van der Waals surface area contributed by atoms with E-state index in [1.165, 1.54) is 13.4 Å². The van der Waals surface area contributed by atoms with Crippen LogP contribution in [0.5, 0.6) is 0 Å². The van der Waals surface area contributed by atoms with Crippen molar-refractivity contribution in [2.45, 2.75) is 13.5 Å². The van der Waals surface area contributed by atoms with Crippen LogP contribution in [0.4, 0.5) is 5.82 Å². The number of imidazole rings is 1.